The second-order valence-electron chi connectivity index (χ2n) is 8.54. The van der Waals surface area contributed by atoms with Crippen LogP contribution in [0.5, 0.6) is 0 Å². The molecular weight excluding hydrogens is 360 g/mol. The van der Waals surface area contributed by atoms with Crippen molar-refractivity contribution < 1.29 is 0 Å². The third-order valence-electron chi connectivity index (χ3n) is 5.73. The molecule has 0 atom stereocenters. The zero-order valence-corrected chi connectivity index (χ0v) is 17.0. The molecule has 28 heavy (non-hydrogen) atoms. The van der Waals surface area contributed by atoms with E-state index in [4.69, 9.17) is 4.98 Å². The van der Waals surface area contributed by atoms with Crippen molar-refractivity contribution in [2.75, 3.05) is 0 Å². The monoisotopic (exact) mass is 380 g/mol. The third-order valence-corrected chi connectivity index (χ3v) is 6.85. The molecule has 6 aromatic rings. The topological polar surface area (TPSA) is 17.3 Å². The molecule has 6 rings (SSSR count). The minimum absolute atomic E-state index is 0.00125. The van der Waals surface area contributed by atoms with E-state index < -0.39 is 0 Å². The summed E-state index contributed by atoms with van der Waals surface area (Å²) >= 11 is 1.90. The van der Waals surface area contributed by atoms with Crippen LogP contribution in [-0.4, -0.2) is 9.38 Å². The molecule has 3 aromatic heterocycles. The standard InChI is InChI=1S/C25H20N2S/c1-25(2,3)22-21-17-10-6-7-11-19(17)28-20(21)14-18-15-8-4-5-9-16(15)24-26-12-13-27(24)23(18)22/h4-14H,1-3H3. The summed E-state index contributed by atoms with van der Waals surface area (Å²) in [6, 6.07) is 19.8. The van der Waals surface area contributed by atoms with E-state index in [9.17, 15) is 0 Å². The SMILES string of the molecule is CC(C)(C)c1c2c(cc3c4ccccc4c4nccn4c13)sc1ccccc12. The molecule has 3 heterocycles. The first-order valence-electron chi connectivity index (χ1n) is 9.66. The molecule has 2 nitrogen and oxygen atoms in total. The number of hydrogen-bond donors (Lipinski definition) is 0. The zero-order valence-electron chi connectivity index (χ0n) is 16.2. The first kappa shape index (κ1) is 16.1. The van der Waals surface area contributed by atoms with Crippen LogP contribution in [0, 0.1) is 0 Å². The van der Waals surface area contributed by atoms with Gasteiger partial charge in [-0.3, -0.25) is 4.40 Å². The number of nitrogens with zero attached hydrogens (tertiary/aromatic N) is 2. The van der Waals surface area contributed by atoms with Crippen molar-refractivity contribution in [1.29, 1.82) is 0 Å². The molecule has 0 aliphatic carbocycles. The van der Waals surface area contributed by atoms with Crippen LogP contribution in [0.4, 0.5) is 0 Å². The van der Waals surface area contributed by atoms with Gasteiger partial charge in [-0.2, -0.15) is 0 Å². The first-order chi connectivity index (χ1) is 13.5. The van der Waals surface area contributed by atoms with E-state index in [2.05, 4.69) is 86.0 Å². The predicted molar refractivity (Wildman–Crippen MR) is 122 cm³/mol. The van der Waals surface area contributed by atoms with Gasteiger partial charge in [0.2, 0.25) is 0 Å². The number of benzene rings is 3. The maximum Gasteiger partial charge on any atom is 0.145 e. The number of hydrogen-bond acceptors (Lipinski definition) is 2. The Kier molecular flexibility index (Phi) is 3.06. The molecule has 3 aromatic carbocycles. The van der Waals surface area contributed by atoms with Crippen molar-refractivity contribution in [2.24, 2.45) is 0 Å². The molecule has 136 valence electrons. The lowest BCUT2D eigenvalue weighted by atomic mass is 9.82. The molecule has 0 saturated carbocycles. The van der Waals surface area contributed by atoms with Gasteiger partial charge in [0, 0.05) is 43.3 Å². The third kappa shape index (κ3) is 2.00. The van der Waals surface area contributed by atoms with Crippen LogP contribution in [0.1, 0.15) is 26.3 Å². The summed E-state index contributed by atoms with van der Waals surface area (Å²) in [4.78, 5) is 4.72. The van der Waals surface area contributed by atoms with Crippen molar-refractivity contribution in [2.45, 2.75) is 26.2 Å². The van der Waals surface area contributed by atoms with Crippen LogP contribution in [0.3, 0.4) is 0 Å². The Morgan fingerprint density at radius 3 is 2.32 bits per heavy atom. The smallest absolute Gasteiger partial charge is 0.145 e. The molecular formula is C25H20N2S. The molecule has 0 spiro atoms. The van der Waals surface area contributed by atoms with E-state index in [1.807, 2.05) is 17.5 Å². The van der Waals surface area contributed by atoms with Gasteiger partial charge in [0.25, 0.3) is 0 Å². The van der Waals surface area contributed by atoms with Gasteiger partial charge in [-0.05, 0) is 28.5 Å². The summed E-state index contributed by atoms with van der Waals surface area (Å²) in [5.41, 5.74) is 3.73. The van der Waals surface area contributed by atoms with Gasteiger partial charge in [-0.15, -0.1) is 11.3 Å². The van der Waals surface area contributed by atoms with Crippen molar-refractivity contribution in [3.63, 3.8) is 0 Å². The Morgan fingerprint density at radius 1 is 0.821 bits per heavy atom. The molecule has 0 radical (unpaired) electrons. The fraction of sp³-hybridized carbons (Fsp3) is 0.160. The Balaban J connectivity index is 2.04. The van der Waals surface area contributed by atoms with Gasteiger partial charge in [0.15, 0.2) is 0 Å². The highest BCUT2D eigenvalue weighted by Crippen LogP contribution is 2.45. The largest absolute Gasteiger partial charge is 0.299 e. The lowest BCUT2D eigenvalue weighted by Gasteiger charge is -2.24. The van der Waals surface area contributed by atoms with Gasteiger partial charge >= 0.3 is 0 Å². The molecule has 0 N–H and O–H groups in total. The summed E-state index contributed by atoms with van der Waals surface area (Å²) in [7, 11) is 0. The quantitative estimate of drug-likeness (QED) is 0.253. The minimum Gasteiger partial charge on any atom is -0.299 e. The minimum atomic E-state index is 0.00125. The van der Waals surface area contributed by atoms with Gasteiger partial charge in [0.05, 0.1) is 5.52 Å². The highest BCUT2D eigenvalue weighted by atomic mass is 32.1. The summed E-state index contributed by atoms with van der Waals surface area (Å²) in [5.74, 6) is 0. The van der Waals surface area contributed by atoms with Crippen LogP contribution < -0.4 is 0 Å². The van der Waals surface area contributed by atoms with E-state index in [0.29, 0.717) is 0 Å². The molecule has 0 aliphatic rings. The van der Waals surface area contributed by atoms with Gasteiger partial charge in [-0.1, -0.05) is 63.2 Å². The number of aromatic nitrogens is 2. The predicted octanol–water partition coefficient (Wildman–Crippen LogP) is 7.31. The van der Waals surface area contributed by atoms with Crippen LogP contribution in [-0.2, 0) is 5.41 Å². The number of rotatable bonds is 0. The number of thiophene rings is 1. The number of imidazole rings is 1. The van der Waals surface area contributed by atoms with E-state index in [1.165, 1.54) is 47.4 Å². The summed E-state index contributed by atoms with van der Waals surface area (Å²) < 4.78 is 5.01. The van der Waals surface area contributed by atoms with Crippen LogP contribution in [0.25, 0.3) is 47.5 Å². The first-order valence-corrected chi connectivity index (χ1v) is 10.5. The Bertz CT molecular complexity index is 1540. The fourth-order valence-corrected chi connectivity index (χ4v) is 5.81. The molecule has 0 aliphatic heterocycles. The average molecular weight is 381 g/mol. The van der Waals surface area contributed by atoms with Crippen molar-refractivity contribution in [3.8, 4) is 0 Å². The zero-order chi connectivity index (χ0) is 19.0. The Hall–Kier alpha value is -2.91. The fourth-order valence-electron chi connectivity index (χ4n) is 4.66. The molecule has 0 fully saturated rings. The second-order valence-corrected chi connectivity index (χ2v) is 9.62. The number of fused-ring (bicyclic) bond motifs is 9. The summed E-state index contributed by atoms with van der Waals surface area (Å²) in [6.45, 7) is 6.98. The lowest BCUT2D eigenvalue weighted by molar-refractivity contribution is 0.600. The van der Waals surface area contributed by atoms with Crippen LogP contribution >= 0.6 is 11.3 Å². The van der Waals surface area contributed by atoms with E-state index in [0.717, 1.165) is 5.65 Å². The van der Waals surface area contributed by atoms with Gasteiger partial charge in [-0.25, -0.2) is 4.98 Å². The molecule has 0 saturated heterocycles. The summed E-state index contributed by atoms with van der Waals surface area (Å²) in [6.07, 6.45) is 4.03. The Morgan fingerprint density at radius 2 is 1.54 bits per heavy atom. The normalized spacial score (nSPS) is 12.8. The van der Waals surface area contributed by atoms with Crippen molar-refractivity contribution in [3.05, 3.63) is 72.6 Å². The Labute approximate surface area is 167 Å². The molecule has 0 bridgehead atoms. The van der Waals surface area contributed by atoms with Crippen molar-refractivity contribution >= 4 is 58.8 Å². The van der Waals surface area contributed by atoms with E-state index in [-0.39, 0.29) is 5.41 Å². The lowest BCUT2D eigenvalue weighted by Crippen LogP contribution is -2.14. The molecule has 0 amide bonds. The van der Waals surface area contributed by atoms with Gasteiger partial charge < -0.3 is 0 Å². The molecule has 0 unspecified atom stereocenters. The van der Waals surface area contributed by atoms with E-state index in [1.54, 1.807) is 0 Å². The maximum atomic E-state index is 4.72. The number of pyridine rings is 1. The van der Waals surface area contributed by atoms with E-state index >= 15 is 0 Å². The summed E-state index contributed by atoms with van der Waals surface area (Å²) in [5, 5.41) is 6.55. The van der Waals surface area contributed by atoms with Crippen molar-refractivity contribution in [1.82, 2.24) is 9.38 Å². The van der Waals surface area contributed by atoms with Crippen LogP contribution in [0.2, 0.25) is 0 Å². The highest BCUT2D eigenvalue weighted by Gasteiger charge is 2.26. The second kappa shape index (κ2) is 5.33. The molecule has 3 heteroatoms. The average Bonchev–Trinajstić information content (AvgIpc) is 3.30. The highest BCUT2D eigenvalue weighted by molar-refractivity contribution is 7.26. The maximum absolute atomic E-state index is 4.72. The van der Waals surface area contributed by atoms with Gasteiger partial charge in [0.1, 0.15) is 5.65 Å². The van der Waals surface area contributed by atoms with Crippen LogP contribution in [0.15, 0.2) is 67.0 Å².